The molecule has 10 nitrogen and oxygen atoms in total. The fourth-order valence-electron chi connectivity index (χ4n) is 8.27. The first-order valence-corrected chi connectivity index (χ1v) is 16.5. The molecule has 3 saturated heterocycles. The van der Waals surface area contributed by atoms with Gasteiger partial charge in [-0.05, 0) is 35.6 Å². The van der Waals surface area contributed by atoms with Crippen LogP contribution in [0.3, 0.4) is 0 Å². The van der Waals surface area contributed by atoms with Gasteiger partial charge in [0.05, 0.1) is 0 Å². The number of rotatable bonds is 7. The molecule has 4 aliphatic heterocycles. The maximum absolute atomic E-state index is 14.3. The van der Waals surface area contributed by atoms with Gasteiger partial charge in [-0.3, -0.25) is 19.2 Å². The zero-order chi connectivity index (χ0) is 32.4. The van der Waals surface area contributed by atoms with E-state index < -0.39 is 35.9 Å². The van der Waals surface area contributed by atoms with E-state index in [0.717, 1.165) is 33.3 Å². The van der Waals surface area contributed by atoms with E-state index in [9.17, 15) is 19.2 Å². The summed E-state index contributed by atoms with van der Waals surface area (Å²) in [6, 6.07) is 23.2. The van der Waals surface area contributed by atoms with Crippen LogP contribution in [-0.4, -0.2) is 63.4 Å². The molecule has 10 heteroatoms. The van der Waals surface area contributed by atoms with E-state index in [0.29, 0.717) is 25.7 Å². The van der Waals surface area contributed by atoms with E-state index in [1.54, 1.807) is 4.90 Å². The number of piperazine rings is 2. The zero-order valence-corrected chi connectivity index (χ0v) is 26.4. The summed E-state index contributed by atoms with van der Waals surface area (Å²) in [6.45, 7) is 4.05. The summed E-state index contributed by atoms with van der Waals surface area (Å²) in [7, 11) is 0. The number of fused-ring (bicyclic) bond motifs is 6. The molecule has 47 heavy (non-hydrogen) atoms. The average Bonchev–Trinajstić information content (AvgIpc) is 3.70. The van der Waals surface area contributed by atoms with Crippen molar-refractivity contribution in [1.29, 1.82) is 0 Å². The summed E-state index contributed by atoms with van der Waals surface area (Å²) in [5.74, 6) is -0.362. The van der Waals surface area contributed by atoms with Gasteiger partial charge in [0.1, 0.15) is 35.9 Å². The predicted molar refractivity (Wildman–Crippen MR) is 177 cm³/mol. The minimum atomic E-state index is -0.797. The number of anilines is 1. The first kappa shape index (κ1) is 29.3. The number of carbonyl (C=O) groups excluding carboxylic acids is 4. The molecule has 6 atom stereocenters. The Hall–Kier alpha value is -5.12. The quantitative estimate of drug-likeness (QED) is 0.250. The first-order valence-electron chi connectivity index (χ1n) is 16.5. The largest absolute Gasteiger partial charge is 0.363 e. The van der Waals surface area contributed by atoms with Crippen molar-refractivity contribution in [1.82, 2.24) is 25.4 Å². The zero-order valence-electron chi connectivity index (χ0n) is 26.4. The molecule has 0 saturated carbocycles. The number of carbonyl (C=O) groups is 4. The number of para-hydroxylation sites is 2. The molecule has 8 rings (SSSR count). The third-order valence-electron chi connectivity index (χ3n) is 10.3. The standard InChI is InChI=1S/C37H38N6O4/c1-21(2)16-27-32(44)39-28(33(45)38-27)18-23-20-42(30-15-9-6-12-24(23)30)37-19-31-34(46)40-29(17-22-10-4-3-5-11-22)35(47)43(31)36(37)41-26-14-8-7-13-25(26)37/h3-15,20-21,27-29,31,36,41H,16-19H2,1-2H3,(H,38,45)(H,39,44)(H,40,46)/t27-,28+,29-,31-,36+,37-/m1/s1. The van der Waals surface area contributed by atoms with Gasteiger partial charge in [0.15, 0.2) is 0 Å². The highest BCUT2D eigenvalue weighted by molar-refractivity contribution is 6.00. The molecule has 4 N–H and O–H groups in total. The second-order valence-corrected chi connectivity index (χ2v) is 13.7. The second kappa shape index (κ2) is 11.0. The van der Waals surface area contributed by atoms with E-state index in [2.05, 4.69) is 38.1 Å². The van der Waals surface area contributed by atoms with Crippen LogP contribution in [0.4, 0.5) is 5.69 Å². The summed E-state index contributed by atoms with van der Waals surface area (Å²) >= 11 is 0. The number of amides is 4. The van der Waals surface area contributed by atoms with Crippen molar-refractivity contribution in [3.05, 3.63) is 102 Å². The highest BCUT2D eigenvalue weighted by atomic mass is 16.2. The number of nitrogens with zero attached hydrogens (tertiary/aromatic N) is 2. The molecule has 0 aliphatic carbocycles. The van der Waals surface area contributed by atoms with Crippen molar-refractivity contribution >= 4 is 40.2 Å². The number of nitrogens with one attached hydrogen (secondary N) is 4. The Labute approximate surface area is 272 Å². The van der Waals surface area contributed by atoms with Gasteiger partial charge in [-0.1, -0.05) is 80.6 Å². The van der Waals surface area contributed by atoms with E-state index in [1.165, 1.54) is 0 Å². The molecular weight excluding hydrogens is 592 g/mol. The molecule has 3 aromatic carbocycles. The Balaban J connectivity index is 1.19. The Bertz CT molecular complexity index is 1920. The van der Waals surface area contributed by atoms with Gasteiger partial charge >= 0.3 is 0 Å². The molecule has 5 heterocycles. The lowest BCUT2D eigenvalue weighted by Gasteiger charge is -2.39. The van der Waals surface area contributed by atoms with Crippen LogP contribution in [0.2, 0.25) is 0 Å². The van der Waals surface area contributed by atoms with Crippen LogP contribution in [0.1, 0.15) is 43.4 Å². The third kappa shape index (κ3) is 4.60. The normalized spacial score (nSPS) is 28.0. The van der Waals surface area contributed by atoms with Crippen LogP contribution in [0.15, 0.2) is 85.1 Å². The summed E-state index contributed by atoms with van der Waals surface area (Å²) < 4.78 is 2.20. The van der Waals surface area contributed by atoms with Crippen molar-refractivity contribution in [3.8, 4) is 0 Å². The molecule has 0 unspecified atom stereocenters. The molecule has 4 amide bonds. The van der Waals surface area contributed by atoms with Crippen molar-refractivity contribution < 1.29 is 19.2 Å². The van der Waals surface area contributed by atoms with Gasteiger partial charge in [0, 0.05) is 47.6 Å². The highest BCUT2D eigenvalue weighted by Crippen LogP contribution is 2.54. The van der Waals surface area contributed by atoms with Crippen LogP contribution < -0.4 is 21.3 Å². The lowest BCUT2D eigenvalue weighted by Crippen LogP contribution is -2.64. The SMILES string of the molecule is CC(C)C[C@H]1NC(=O)[C@H](Cc2cn([C@@]34C[C@@H]5C(=O)N[C@H](Cc6ccccc6)C(=O)N5[C@@H]3Nc3ccccc34)c3ccccc23)NC1=O. The fraction of sp³-hybridized carbons (Fsp3) is 0.351. The molecule has 240 valence electrons. The maximum Gasteiger partial charge on any atom is 0.247 e. The lowest BCUT2D eigenvalue weighted by atomic mass is 9.86. The third-order valence-corrected chi connectivity index (χ3v) is 10.3. The smallest absolute Gasteiger partial charge is 0.247 e. The Morgan fingerprint density at radius 2 is 1.43 bits per heavy atom. The van der Waals surface area contributed by atoms with Crippen LogP contribution in [-0.2, 0) is 37.6 Å². The van der Waals surface area contributed by atoms with Crippen molar-refractivity contribution in [3.63, 3.8) is 0 Å². The summed E-state index contributed by atoms with van der Waals surface area (Å²) in [5.41, 5.74) is 3.95. The van der Waals surface area contributed by atoms with E-state index >= 15 is 0 Å². The van der Waals surface area contributed by atoms with Gasteiger partial charge in [-0.25, -0.2) is 0 Å². The number of hydrogen-bond acceptors (Lipinski definition) is 5. The van der Waals surface area contributed by atoms with Gasteiger partial charge in [0.2, 0.25) is 23.6 Å². The summed E-state index contributed by atoms with van der Waals surface area (Å²) in [5, 5.41) is 13.5. The fourth-order valence-corrected chi connectivity index (χ4v) is 8.27. The molecule has 0 bridgehead atoms. The number of hydrogen-bond donors (Lipinski definition) is 4. The van der Waals surface area contributed by atoms with E-state index in [-0.39, 0.29) is 29.5 Å². The van der Waals surface area contributed by atoms with Gasteiger partial charge < -0.3 is 30.7 Å². The Morgan fingerprint density at radius 3 is 2.23 bits per heavy atom. The highest BCUT2D eigenvalue weighted by Gasteiger charge is 2.64. The summed E-state index contributed by atoms with van der Waals surface area (Å²) in [4.78, 5) is 56.1. The number of benzene rings is 3. The van der Waals surface area contributed by atoms with Gasteiger partial charge in [-0.15, -0.1) is 0 Å². The van der Waals surface area contributed by atoms with Crippen LogP contribution in [0, 0.1) is 5.92 Å². The van der Waals surface area contributed by atoms with Gasteiger partial charge in [0.25, 0.3) is 0 Å². The molecule has 1 aromatic heterocycles. The van der Waals surface area contributed by atoms with Crippen molar-refractivity contribution in [2.24, 2.45) is 5.92 Å². The first-order chi connectivity index (χ1) is 22.7. The molecule has 3 fully saturated rings. The van der Waals surface area contributed by atoms with Crippen LogP contribution in [0.25, 0.3) is 10.9 Å². The summed E-state index contributed by atoms with van der Waals surface area (Å²) in [6.07, 6.45) is 3.22. The molecule has 4 aromatic rings. The Morgan fingerprint density at radius 1 is 0.745 bits per heavy atom. The molecule has 0 spiro atoms. The van der Waals surface area contributed by atoms with Crippen LogP contribution in [0.5, 0.6) is 0 Å². The topological polar surface area (TPSA) is 125 Å². The Kier molecular flexibility index (Phi) is 6.86. The van der Waals surface area contributed by atoms with Crippen LogP contribution >= 0.6 is 0 Å². The molecule has 4 aliphatic rings. The van der Waals surface area contributed by atoms with Crippen molar-refractivity contribution in [2.75, 3.05) is 5.32 Å². The predicted octanol–water partition coefficient (Wildman–Crippen LogP) is 3.05. The minimum Gasteiger partial charge on any atom is -0.363 e. The maximum atomic E-state index is 14.3. The average molecular weight is 631 g/mol. The van der Waals surface area contributed by atoms with Gasteiger partial charge in [-0.2, -0.15) is 0 Å². The number of aromatic nitrogens is 1. The van der Waals surface area contributed by atoms with E-state index in [1.807, 2.05) is 86.6 Å². The lowest BCUT2D eigenvalue weighted by molar-refractivity contribution is -0.148. The monoisotopic (exact) mass is 630 g/mol. The second-order valence-electron chi connectivity index (χ2n) is 13.7. The van der Waals surface area contributed by atoms with E-state index in [4.69, 9.17) is 0 Å². The van der Waals surface area contributed by atoms with Crippen molar-refractivity contribution in [2.45, 2.75) is 75.4 Å². The molecule has 0 radical (unpaired) electrons. The minimum absolute atomic E-state index is 0.111. The molecular formula is C37H38N6O4.